The van der Waals surface area contributed by atoms with Crippen LogP contribution in [0.2, 0.25) is 0 Å². The van der Waals surface area contributed by atoms with Gasteiger partial charge in [-0.1, -0.05) is 42.0 Å². The van der Waals surface area contributed by atoms with Crippen LogP contribution in [-0.4, -0.2) is 16.3 Å². The number of ether oxygens (including phenoxy) is 1. The summed E-state index contributed by atoms with van der Waals surface area (Å²) < 4.78 is 7.51. The Kier molecular flexibility index (Phi) is 4.05. The van der Waals surface area contributed by atoms with Gasteiger partial charge in [-0.2, -0.15) is 0 Å². The molecule has 0 radical (unpaired) electrons. The van der Waals surface area contributed by atoms with Crippen LogP contribution in [0, 0.1) is 11.8 Å². The van der Waals surface area contributed by atoms with Gasteiger partial charge < -0.3 is 14.4 Å². The number of aromatic hydroxyl groups is 1. The Bertz CT molecular complexity index is 1120. The monoisotopic (exact) mass is 346 g/mol. The second-order valence-electron chi connectivity index (χ2n) is 6.29. The maximum atomic E-state index is 11.1. The number of hydrogen-bond acceptors (Lipinski definition) is 4. The molecule has 1 aromatic heterocycles. The first-order valence-corrected chi connectivity index (χ1v) is 8.44. The minimum absolute atomic E-state index is 0.0782. The van der Waals surface area contributed by atoms with E-state index >= 15 is 0 Å². The quantitative estimate of drug-likeness (QED) is 0.500. The summed E-state index contributed by atoms with van der Waals surface area (Å²) in [6, 6.07) is 19.7. The van der Waals surface area contributed by atoms with Crippen molar-refractivity contribution in [3.05, 3.63) is 71.1 Å². The molecule has 26 heavy (non-hydrogen) atoms. The summed E-state index contributed by atoms with van der Waals surface area (Å²) in [5.41, 5.74) is 1.85. The number of benzene rings is 3. The maximum absolute atomic E-state index is 11.1. The number of aromatic nitrogens is 1. The normalized spacial score (nSPS) is 11.1. The fourth-order valence-electron chi connectivity index (χ4n) is 3.27. The van der Waals surface area contributed by atoms with Crippen molar-refractivity contribution in [3.63, 3.8) is 0 Å². The molecule has 0 amide bonds. The SMILES string of the molecule is Cc1ccc2c(c1)c(N=O)c(O)n2CCOc1ccc2ccccc2c1. The van der Waals surface area contributed by atoms with Crippen LogP contribution < -0.4 is 4.74 Å². The van der Waals surface area contributed by atoms with Crippen molar-refractivity contribution < 1.29 is 9.84 Å². The zero-order valence-corrected chi connectivity index (χ0v) is 14.3. The molecule has 0 unspecified atom stereocenters. The average Bonchev–Trinajstić information content (AvgIpc) is 2.92. The van der Waals surface area contributed by atoms with E-state index in [9.17, 15) is 10.0 Å². The van der Waals surface area contributed by atoms with Crippen molar-refractivity contribution >= 4 is 27.4 Å². The smallest absolute Gasteiger partial charge is 0.222 e. The number of nitrogens with zero attached hydrogens (tertiary/aromatic N) is 2. The molecule has 4 aromatic rings. The van der Waals surface area contributed by atoms with Crippen molar-refractivity contribution in [2.75, 3.05) is 6.61 Å². The van der Waals surface area contributed by atoms with Crippen LogP contribution >= 0.6 is 0 Å². The van der Waals surface area contributed by atoms with Gasteiger partial charge in [0.2, 0.25) is 5.88 Å². The first-order chi connectivity index (χ1) is 12.7. The number of nitroso groups, excluding NO2 is 1. The highest BCUT2D eigenvalue weighted by atomic mass is 16.5. The van der Waals surface area contributed by atoms with E-state index in [2.05, 4.69) is 11.2 Å². The molecule has 1 heterocycles. The number of rotatable bonds is 5. The molecule has 0 atom stereocenters. The molecule has 4 rings (SSSR count). The summed E-state index contributed by atoms with van der Waals surface area (Å²) in [6.07, 6.45) is 0. The molecule has 0 aliphatic carbocycles. The molecule has 0 aliphatic heterocycles. The van der Waals surface area contributed by atoms with Crippen molar-refractivity contribution in [1.29, 1.82) is 0 Å². The molecule has 3 aromatic carbocycles. The van der Waals surface area contributed by atoms with E-state index in [-0.39, 0.29) is 11.6 Å². The molecule has 0 saturated heterocycles. The van der Waals surface area contributed by atoms with Crippen LogP contribution in [0.25, 0.3) is 21.7 Å². The standard InChI is InChI=1S/C21H18N2O3/c1-14-6-9-19-18(12-14)20(22-25)21(24)23(19)10-11-26-17-8-7-15-4-2-3-5-16(15)13-17/h2-9,12-13,24H,10-11H2,1H3. The van der Waals surface area contributed by atoms with Crippen molar-refractivity contribution in [2.24, 2.45) is 5.18 Å². The van der Waals surface area contributed by atoms with E-state index in [0.717, 1.165) is 27.6 Å². The lowest BCUT2D eigenvalue weighted by atomic mass is 10.1. The number of hydrogen-bond donors (Lipinski definition) is 1. The minimum Gasteiger partial charge on any atom is -0.493 e. The van der Waals surface area contributed by atoms with Gasteiger partial charge in [0.25, 0.3) is 0 Å². The topological polar surface area (TPSA) is 63.8 Å². The third-order valence-electron chi connectivity index (χ3n) is 4.56. The maximum Gasteiger partial charge on any atom is 0.222 e. The molecular formula is C21H18N2O3. The largest absolute Gasteiger partial charge is 0.493 e. The highest BCUT2D eigenvalue weighted by Crippen LogP contribution is 2.38. The summed E-state index contributed by atoms with van der Waals surface area (Å²) >= 11 is 0. The Hall–Kier alpha value is -3.34. The molecule has 130 valence electrons. The van der Waals surface area contributed by atoms with E-state index in [1.165, 1.54) is 0 Å². The molecule has 0 saturated carbocycles. The van der Waals surface area contributed by atoms with Gasteiger partial charge in [-0.25, -0.2) is 0 Å². The van der Waals surface area contributed by atoms with Gasteiger partial charge in [-0.3, -0.25) is 0 Å². The van der Waals surface area contributed by atoms with E-state index < -0.39 is 0 Å². The highest BCUT2D eigenvalue weighted by Gasteiger charge is 2.17. The first-order valence-electron chi connectivity index (χ1n) is 8.44. The first kappa shape index (κ1) is 16.1. The Morgan fingerprint density at radius 2 is 1.85 bits per heavy atom. The Balaban J connectivity index is 1.57. The second-order valence-corrected chi connectivity index (χ2v) is 6.29. The van der Waals surface area contributed by atoms with Crippen molar-refractivity contribution in [3.8, 4) is 11.6 Å². The lowest BCUT2D eigenvalue weighted by molar-refractivity contribution is 0.291. The summed E-state index contributed by atoms with van der Waals surface area (Å²) in [7, 11) is 0. The summed E-state index contributed by atoms with van der Waals surface area (Å²) in [6.45, 7) is 2.71. The molecule has 5 nitrogen and oxygen atoms in total. The van der Waals surface area contributed by atoms with Crippen LogP contribution in [0.5, 0.6) is 11.6 Å². The molecule has 1 N–H and O–H groups in total. The van der Waals surface area contributed by atoms with Crippen molar-refractivity contribution in [2.45, 2.75) is 13.5 Å². The zero-order valence-electron chi connectivity index (χ0n) is 14.3. The summed E-state index contributed by atoms with van der Waals surface area (Å²) in [5, 5.41) is 16.3. The fraction of sp³-hybridized carbons (Fsp3) is 0.143. The third kappa shape index (κ3) is 2.77. The lowest BCUT2D eigenvalue weighted by Gasteiger charge is -2.10. The van der Waals surface area contributed by atoms with Gasteiger partial charge in [0, 0.05) is 5.39 Å². The molecule has 5 heteroatoms. The average molecular weight is 346 g/mol. The minimum atomic E-state index is -0.122. The number of fused-ring (bicyclic) bond motifs is 2. The number of aryl methyl sites for hydroxylation is 1. The van der Waals surface area contributed by atoms with E-state index in [0.29, 0.717) is 18.5 Å². The van der Waals surface area contributed by atoms with E-state index in [4.69, 9.17) is 4.74 Å². The van der Waals surface area contributed by atoms with Crippen LogP contribution in [-0.2, 0) is 6.54 Å². The summed E-state index contributed by atoms with van der Waals surface area (Å²) in [4.78, 5) is 11.1. The van der Waals surface area contributed by atoms with E-state index in [1.807, 2.05) is 61.5 Å². The Morgan fingerprint density at radius 3 is 2.65 bits per heavy atom. The molecule has 0 fully saturated rings. The van der Waals surface area contributed by atoms with Crippen LogP contribution in [0.1, 0.15) is 5.56 Å². The molecule has 0 aliphatic rings. The van der Waals surface area contributed by atoms with E-state index in [1.54, 1.807) is 4.57 Å². The third-order valence-corrected chi connectivity index (χ3v) is 4.56. The van der Waals surface area contributed by atoms with Crippen molar-refractivity contribution in [1.82, 2.24) is 4.57 Å². The Labute approximate surface area is 150 Å². The molecular weight excluding hydrogens is 328 g/mol. The summed E-state index contributed by atoms with van der Waals surface area (Å²) in [5.74, 6) is 0.645. The molecule has 0 bridgehead atoms. The second kappa shape index (κ2) is 6.52. The predicted molar refractivity (Wildman–Crippen MR) is 103 cm³/mol. The molecule has 0 spiro atoms. The van der Waals surface area contributed by atoms with Gasteiger partial charge in [-0.15, -0.1) is 4.91 Å². The predicted octanol–water partition coefficient (Wildman–Crippen LogP) is 5.29. The highest BCUT2D eigenvalue weighted by molar-refractivity contribution is 5.95. The van der Waals surface area contributed by atoms with Crippen LogP contribution in [0.4, 0.5) is 5.69 Å². The van der Waals surface area contributed by atoms with Gasteiger partial charge in [-0.05, 0) is 47.1 Å². The van der Waals surface area contributed by atoms with Gasteiger partial charge in [0.05, 0.1) is 12.1 Å². The Morgan fingerprint density at radius 1 is 1.04 bits per heavy atom. The fourth-order valence-corrected chi connectivity index (χ4v) is 3.27. The van der Waals surface area contributed by atoms with Gasteiger partial charge >= 0.3 is 0 Å². The van der Waals surface area contributed by atoms with Gasteiger partial charge in [0.1, 0.15) is 12.4 Å². The lowest BCUT2D eigenvalue weighted by Crippen LogP contribution is -2.07. The van der Waals surface area contributed by atoms with Crippen LogP contribution in [0.15, 0.2) is 65.8 Å². The van der Waals surface area contributed by atoms with Gasteiger partial charge in [0.15, 0.2) is 5.69 Å². The zero-order chi connectivity index (χ0) is 18.1. The van der Waals surface area contributed by atoms with Crippen LogP contribution in [0.3, 0.4) is 0 Å².